The molecule has 0 saturated carbocycles. The number of rotatable bonds is 35. The standard InChI is InChI=1S/C36H68NO10P/c1-3-5-6-7-8-9-10-11-12-13-14-15-16-17-18-19-20-21-22-23-24-25-26-28-35(39)47-32(29-44-34(38)27-4-2)30-45-48(42,43)46-31-33(37)36(40)41/h13-14,32-33H,3-12,15-31,37H2,1-2H3,(H,40,41)(H,42,43)/b14-13-. The average molecular weight is 706 g/mol. The van der Waals surface area contributed by atoms with Crippen LogP contribution in [0.3, 0.4) is 0 Å². The molecule has 0 aromatic rings. The molecule has 0 fully saturated rings. The highest BCUT2D eigenvalue weighted by molar-refractivity contribution is 7.47. The second-order valence-electron chi connectivity index (χ2n) is 12.7. The van der Waals surface area contributed by atoms with Gasteiger partial charge >= 0.3 is 25.7 Å². The normalized spacial score (nSPS) is 14.1. The van der Waals surface area contributed by atoms with Gasteiger partial charge in [0.25, 0.3) is 0 Å². The average Bonchev–Trinajstić information content (AvgIpc) is 3.05. The van der Waals surface area contributed by atoms with E-state index in [1.165, 1.54) is 109 Å². The van der Waals surface area contributed by atoms with Crippen LogP contribution in [0, 0.1) is 0 Å². The smallest absolute Gasteiger partial charge is 0.472 e. The second kappa shape index (κ2) is 32.4. The van der Waals surface area contributed by atoms with Crippen molar-refractivity contribution >= 4 is 25.7 Å². The summed E-state index contributed by atoms with van der Waals surface area (Å²) < 4.78 is 31.9. The maximum Gasteiger partial charge on any atom is 0.472 e. The van der Waals surface area contributed by atoms with Gasteiger partial charge in [0.15, 0.2) is 6.10 Å². The summed E-state index contributed by atoms with van der Waals surface area (Å²) >= 11 is 0. The largest absolute Gasteiger partial charge is 0.480 e. The van der Waals surface area contributed by atoms with Gasteiger partial charge in [-0.3, -0.25) is 23.4 Å². The first-order valence-electron chi connectivity index (χ1n) is 18.7. The van der Waals surface area contributed by atoms with E-state index < -0.39 is 51.1 Å². The van der Waals surface area contributed by atoms with Crippen molar-refractivity contribution < 1.29 is 47.5 Å². The van der Waals surface area contributed by atoms with E-state index in [-0.39, 0.29) is 19.4 Å². The fourth-order valence-electron chi connectivity index (χ4n) is 5.04. The molecular formula is C36H68NO10P. The molecule has 0 heterocycles. The van der Waals surface area contributed by atoms with E-state index in [4.69, 9.17) is 24.8 Å². The Labute approximate surface area is 290 Å². The molecule has 0 aromatic carbocycles. The predicted octanol–water partition coefficient (Wildman–Crippen LogP) is 8.95. The Morgan fingerprint density at radius 2 is 1.08 bits per heavy atom. The van der Waals surface area contributed by atoms with Gasteiger partial charge in [-0.15, -0.1) is 0 Å². The van der Waals surface area contributed by atoms with Crippen molar-refractivity contribution in [2.45, 2.75) is 180 Å². The molecule has 0 aliphatic rings. The van der Waals surface area contributed by atoms with Crippen LogP contribution in [-0.4, -0.2) is 59.9 Å². The highest BCUT2D eigenvalue weighted by Gasteiger charge is 2.28. The number of ether oxygens (including phenoxy) is 2. The van der Waals surface area contributed by atoms with E-state index >= 15 is 0 Å². The lowest BCUT2D eigenvalue weighted by Crippen LogP contribution is -2.34. The summed E-state index contributed by atoms with van der Waals surface area (Å²) in [4.78, 5) is 44.7. The molecule has 48 heavy (non-hydrogen) atoms. The van der Waals surface area contributed by atoms with Crippen molar-refractivity contribution in [2.75, 3.05) is 19.8 Å². The molecule has 0 spiro atoms. The van der Waals surface area contributed by atoms with Crippen molar-refractivity contribution in [3.63, 3.8) is 0 Å². The summed E-state index contributed by atoms with van der Waals surface area (Å²) in [6.45, 7) is 2.38. The van der Waals surface area contributed by atoms with Gasteiger partial charge in [0.2, 0.25) is 0 Å². The summed E-state index contributed by atoms with van der Waals surface area (Å²) in [5.74, 6) is -2.44. The van der Waals surface area contributed by atoms with Crippen molar-refractivity contribution in [3.8, 4) is 0 Å². The third-order valence-corrected chi connectivity index (χ3v) is 8.93. The number of unbranched alkanes of at least 4 members (excludes halogenated alkanes) is 19. The van der Waals surface area contributed by atoms with E-state index in [0.29, 0.717) is 12.8 Å². The molecule has 0 radical (unpaired) electrons. The van der Waals surface area contributed by atoms with Crippen LogP contribution in [0.4, 0.5) is 0 Å². The van der Waals surface area contributed by atoms with Crippen LogP contribution < -0.4 is 5.73 Å². The number of carbonyl (C=O) groups is 3. The van der Waals surface area contributed by atoms with Crippen LogP contribution in [0.15, 0.2) is 12.2 Å². The van der Waals surface area contributed by atoms with Crippen LogP contribution >= 0.6 is 7.82 Å². The quantitative estimate of drug-likeness (QED) is 0.0249. The van der Waals surface area contributed by atoms with Gasteiger partial charge in [0.1, 0.15) is 12.6 Å². The number of phosphoric ester groups is 1. The first-order valence-corrected chi connectivity index (χ1v) is 20.2. The molecular weight excluding hydrogens is 637 g/mol. The Hall–Kier alpha value is -1.78. The molecule has 0 aliphatic heterocycles. The summed E-state index contributed by atoms with van der Waals surface area (Å²) in [6.07, 6.45) is 30.5. The maximum atomic E-state index is 12.4. The minimum absolute atomic E-state index is 0.161. The van der Waals surface area contributed by atoms with Gasteiger partial charge in [-0.2, -0.15) is 0 Å². The molecule has 0 rings (SSSR count). The van der Waals surface area contributed by atoms with Crippen LogP contribution in [0.5, 0.6) is 0 Å². The zero-order valence-corrected chi connectivity index (χ0v) is 31.0. The van der Waals surface area contributed by atoms with Gasteiger partial charge in [0, 0.05) is 12.8 Å². The summed E-state index contributed by atoms with van der Waals surface area (Å²) in [5, 5.41) is 8.78. The molecule has 4 N–H and O–H groups in total. The summed E-state index contributed by atoms with van der Waals surface area (Å²) in [6, 6.07) is -1.51. The number of nitrogens with two attached hydrogens (primary N) is 1. The first kappa shape index (κ1) is 46.2. The number of hydrogen-bond acceptors (Lipinski definition) is 9. The van der Waals surface area contributed by atoms with E-state index in [0.717, 1.165) is 19.3 Å². The van der Waals surface area contributed by atoms with Crippen molar-refractivity contribution in [1.29, 1.82) is 0 Å². The molecule has 12 heteroatoms. The molecule has 0 saturated heterocycles. The Morgan fingerprint density at radius 1 is 0.625 bits per heavy atom. The Bertz CT molecular complexity index is 885. The minimum Gasteiger partial charge on any atom is -0.480 e. The number of carboxylic acid groups (broad SMARTS) is 1. The molecule has 0 amide bonds. The van der Waals surface area contributed by atoms with Gasteiger partial charge in [-0.1, -0.05) is 129 Å². The molecule has 0 aliphatic carbocycles. The van der Waals surface area contributed by atoms with Crippen LogP contribution in [0.2, 0.25) is 0 Å². The van der Waals surface area contributed by atoms with Gasteiger partial charge in [0.05, 0.1) is 13.2 Å². The lowest BCUT2D eigenvalue weighted by atomic mass is 10.0. The molecule has 11 nitrogen and oxygen atoms in total. The first-order chi connectivity index (χ1) is 23.1. The van der Waals surface area contributed by atoms with Crippen molar-refractivity contribution in [2.24, 2.45) is 5.73 Å². The van der Waals surface area contributed by atoms with Gasteiger partial charge < -0.3 is 25.2 Å². The number of allylic oxidation sites excluding steroid dienone is 2. The minimum atomic E-state index is -4.68. The number of esters is 2. The highest BCUT2D eigenvalue weighted by Crippen LogP contribution is 2.43. The van der Waals surface area contributed by atoms with Crippen molar-refractivity contribution in [1.82, 2.24) is 0 Å². The molecule has 3 unspecified atom stereocenters. The third kappa shape index (κ3) is 31.5. The molecule has 282 valence electrons. The number of phosphoric acid groups is 1. The van der Waals surface area contributed by atoms with Crippen molar-refractivity contribution in [3.05, 3.63) is 12.2 Å². The zero-order chi connectivity index (χ0) is 35.7. The summed E-state index contributed by atoms with van der Waals surface area (Å²) in [5.41, 5.74) is 5.26. The lowest BCUT2D eigenvalue weighted by Gasteiger charge is -2.20. The molecule has 0 bridgehead atoms. The monoisotopic (exact) mass is 705 g/mol. The van der Waals surface area contributed by atoms with Gasteiger partial charge in [-0.25, -0.2) is 4.57 Å². The Kier molecular flexibility index (Phi) is 31.2. The fourth-order valence-corrected chi connectivity index (χ4v) is 5.82. The molecule has 3 atom stereocenters. The summed E-state index contributed by atoms with van der Waals surface area (Å²) in [7, 11) is -4.68. The predicted molar refractivity (Wildman–Crippen MR) is 189 cm³/mol. The van der Waals surface area contributed by atoms with E-state index in [2.05, 4.69) is 23.6 Å². The maximum absolute atomic E-state index is 12.4. The number of hydrogen-bond donors (Lipinski definition) is 3. The van der Waals surface area contributed by atoms with Gasteiger partial charge in [-0.05, 0) is 38.5 Å². The number of aliphatic carboxylic acids is 1. The van der Waals surface area contributed by atoms with Crippen LogP contribution in [0.25, 0.3) is 0 Å². The van der Waals surface area contributed by atoms with E-state index in [1.54, 1.807) is 0 Å². The molecule has 0 aromatic heterocycles. The third-order valence-electron chi connectivity index (χ3n) is 7.98. The zero-order valence-electron chi connectivity index (χ0n) is 30.1. The fraction of sp³-hybridized carbons (Fsp3) is 0.861. The Balaban J connectivity index is 3.92. The lowest BCUT2D eigenvalue weighted by molar-refractivity contribution is -0.161. The van der Waals surface area contributed by atoms with E-state index in [1.807, 2.05) is 6.92 Å². The Morgan fingerprint density at radius 3 is 1.56 bits per heavy atom. The van der Waals surface area contributed by atoms with Crippen LogP contribution in [-0.2, 0) is 37.5 Å². The number of carbonyl (C=O) groups excluding carboxylic acids is 2. The second-order valence-corrected chi connectivity index (χ2v) is 14.2. The number of carboxylic acids is 1. The topological polar surface area (TPSA) is 172 Å². The van der Waals surface area contributed by atoms with Crippen LogP contribution in [0.1, 0.15) is 168 Å². The SMILES string of the molecule is CCCCCCCCCC/C=C\CCCCCCCCCCCCCC(=O)OC(COC(=O)CCC)COP(=O)(O)OCC(N)C(=O)O. The van der Waals surface area contributed by atoms with E-state index in [9.17, 15) is 23.8 Å². The highest BCUT2D eigenvalue weighted by atomic mass is 31.2.